The number of rotatable bonds is 12. The molecule has 1 atom stereocenters. The largest absolute Gasteiger partial charge is 0.492 e. The van der Waals surface area contributed by atoms with E-state index in [0.717, 1.165) is 23.1 Å². The minimum Gasteiger partial charge on any atom is -0.492 e. The van der Waals surface area contributed by atoms with Gasteiger partial charge in [-0.05, 0) is 41.3 Å². The number of carbonyl (C=O) groups is 3. The predicted octanol–water partition coefficient (Wildman–Crippen LogP) is 8.45. The zero-order valence-corrected chi connectivity index (χ0v) is 29.3. The van der Waals surface area contributed by atoms with E-state index >= 15 is 0 Å². The molecular formula is C43H36O10. The third-order valence-corrected chi connectivity index (χ3v) is 9.74. The van der Waals surface area contributed by atoms with Crippen molar-refractivity contribution in [3.63, 3.8) is 0 Å². The normalized spacial score (nSPS) is 14.9. The topological polar surface area (TPSA) is 116 Å². The highest BCUT2D eigenvalue weighted by molar-refractivity contribution is 6.07. The van der Waals surface area contributed by atoms with Crippen molar-refractivity contribution in [3.05, 3.63) is 123 Å². The van der Waals surface area contributed by atoms with E-state index in [1.165, 1.54) is 7.11 Å². The summed E-state index contributed by atoms with van der Waals surface area (Å²) in [4.78, 5) is 40.6. The monoisotopic (exact) mass is 712 g/mol. The predicted molar refractivity (Wildman–Crippen MR) is 194 cm³/mol. The second-order valence-electron chi connectivity index (χ2n) is 13.0. The van der Waals surface area contributed by atoms with Crippen LogP contribution in [0.1, 0.15) is 78.7 Å². The summed E-state index contributed by atoms with van der Waals surface area (Å²) in [5.74, 6) is 1.85. The van der Waals surface area contributed by atoms with E-state index in [0.29, 0.717) is 53.8 Å². The molecule has 10 nitrogen and oxygen atoms in total. The van der Waals surface area contributed by atoms with Crippen molar-refractivity contribution in [2.24, 2.45) is 0 Å². The molecule has 8 rings (SSSR count). The summed E-state index contributed by atoms with van der Waals surface area (Å²) in [6.45, 7) is 2.25. The molecule has 268 valence electrons. The average Bonchev–Trinajstić information content (AvgIpc) is 3.68. The fraction of sp³-hybridized carbons (Fsp3) is 0.233. The first-order chi connectivity index (χ1) is 26.0. The lowest BCUT2D eigenvalue weighted by Crippen LogP contribution is -2.28. The molecule has 0 aromatic heterocycles. The van der Waals surface area contributed by atoms with Crippen molar-refractivity contribution < 1.29 is 47.5 Å². The quantitative estimate of drug-likeness (QED) is 0.0904. The first-order valence-corrected chi connectivity index (χ1v) is 17.5. The van der Waals surface area contributed by atoms with Gasteiger partial charge < -0.3 is 33.2 Å². The Morgan fingerprint density at radius 3 is 2.11 bits per heavy atom. The van der Waals surface area contributed by atoms with Crippen molar-refractivity contribution in [2.45, 2.75) is 51.9 Å². The summed E-state index contributed by atoms with van der Waals surface area (Å²) in [6.07, 6.45) is 3.13. The maximum Gasteiger partial charge on any atom is 0.342 e. The number of methoxy groups -OCH3 is 1. The molecule has 10 heteroatoms. The van der Waals surface area contributed by atoms with E-state index in [4.69, 9.17) is 33.2 Å². The molecule has 1 unspecified atom stereocenters. The Kier molecular flexibility index (Phi) is 9.18. The first-order valence-electron chi connectivity index (χ1n) is 17.5. The smallest absolute Gasteiger partial charge is 0.342 e. The van der Waals surface area contributed by atoms with Gasteiger partial charge in [-0.3, -0.25) is 9.59 Å². The molecule has 0 saturated heterocycles. The Morgan fingerprint density at radius 1 is 0.755 bits per heavy atom. The van der Waals surface area contributed by atoms with Crippen molar-refractivity contribution in [1.29, 1.82) is 0 Å². The fourth-order valence-electron chi connectivity index (χ4n) is 7.36. The Bertz CT molecular complexity index is 2230. The number of ether oxygens (including phenoxy) is 7. The van der Waals surface area contributed by atoms with Gasteiger partial charge >= 0.3 is 5.97 Å². The summed E-state index contributed by atoms with van der Waals surface area (Å²) in [5, 5.41) is 0. The van der Waals surface area contributed by atoms with Gasteiger partial charge in [0.1, 0.15) is 42.1 Å². The SMILES string of the molecule is CCCC1Cc2cc(C=O)c(-c3c(C=O)c(OC)c4c(c3OCc3ccccc3)Cc3c(ccc5c3OCO5)O4)c(OCc3ccccc3)c2C(=O)O1. The number of fused-ring (bicyclic) bond motifs is 5. The van der Waals surface area contributed by atoms with E-state index in [-0.39, 0.29) is 83.3 Å². The number of cyclic esters (lactones) is 1. The molecule has 3 aliphatic rings. The van der Waals surface area contributed by atoms with Gasteiger partial charge in [-0.2, -0.15) is 0 Å². The Hall–Kier alpha value is -6.29. The third kappa shape index (κ3) is 6.09. The Morgan fingerprint density at radius 2 is 1.45 bits per heavy atom. The van der Waals surface area contributed by atoms with Gasteiger partial charge in [-0.1, -0.05) is 74.0 Å². The van der Waals surface area contributed by atoms with Crippen LogP contribution < -0.4 is 28.4 Å². The zero-order chi connectivity index (χ0) is 36.5. The minimum absolute atomic E-state index is 0.0548. The maximum absolute atomic E-state index is 14.0. The highest BCUT2D eigenvalue weighted by Gasteiger charge is 2.39. The fourth-order valence-corrected chi connectivity index (χ4v) is 7.36. The summed E-state index contributed by atoms with van der Waals surface area (Å²) < 4.78 is 43.3. The van der Waals surface area contributed by atoms with E-state index in [9.17, 15) is 14.4 Å². The standard InChI is InChI=1S/C43H36O10/c1-3-10-29-18-27-17-28(20-44)35(42(36(27)43(46)52-29)49-23-26-13-8-5-9-14-26)37-32(21-45)40(47-2)41-31(39(37)48-22-25-11-6-4-7-12-25)19-30-33(53-41)15-16-34-38(30)51-24-50-34/h4-9,11-17,20-21,29H,3,10,18-19,22-24H2,1-2H3. The van der Waals surface area contributed by atoms with Crippen LogP contribution in [0, 0.1) is 0 Å². The van der Waals surface area contributed by atoms with Crippen LogP contribution in [0.25, 0.3) is 11.1 Å². The van der Waals surface area contributed by atoms with Gasteiger partial charge in [-0.15, -0.1) is 0 Å². The summed E-state index contributed by atoms with van der Waals surface area (Å²) in [7, 11) is 1.45. The summed E-state index contributed by atoms with van der Waals surface area (Å²) >= 11 is 0. The second-order valence-corrected chi connectivity index (χ2v) is 13.0. The van der Waals surface area contributed by atoms with Crippen LogP contribution in [0.5, 0.6) is 40.2 Å². The number of benzene rings is 5. The molecular weight excluding hydrogens is 676 g/mol. The molecule has 0 bridgehead atoms. The molecule has 0 N–H and O–H groups in total. The minimum atomic E-state index is -0.569. The lowest BCUT2D eigenvalue weighted by Gasteiger charge is -2.31. The van der Waals surface area contributed by atoms with E-state index in [1.54, 1.807) is 18.2 Å². The van der Waals surface area contributed by atoms with Crippen molar-refractivity contribution in [3.8, 4) is 51.4 Å². The van der Waals surface area contributed by atoms with Crippen molar-refractivity contribution in [1.82, 2.24) is 0 Å². The van der Waals surface area contributed by atoms with Crippen LogP contribution in [-0.2, 0) is 30.8 Å². The third-order valence-electron chi connectivity index (χ3n) is 9.74. The second kappa shape index (κ2) is 14.4. The molecule has 0 fully saturated rings. The summed E-state index contributed by atoms with van der Waals surface area (Å²) in [5.41, 5.74) is 4.47. The van der Waals surface area contributed by atoms with E-state index in [1.807, 2.05) is 67.6 Å². The molecule has 0 amide bonds. The van der Waals surface area contributed by atoms with Crippen LogP contribution >= 0.6 is 0 Å². The van der Waals surface area contributed by atoms with Crippen LogP contribution in [0.3, 0.4) is 0 Å². The number of hydrogen-bond acceptors (Lipinski definition) is 10. The highest BCUT2D eigenvalue weighted by atomic mass is 16.7. The zero-order valence-electron chi connectivity index (χ0n) is 29.3. The molecule has 5 aromatic carbocycles. The van der Waals surface area contributed by atoms with Gasteiger partial charge in [0.15, 0.2) is 35.6 Å². The summed E-state index contributed by atoms with van der Waals surface area (Å²) in [6, 6.07) is 24.3. The van der Waals surface area contributed by atoms with Crippen LogP contribution in [0.4, 0.5) is 0 Å². The number of aldehydes is 2. The number of esters is 1. The highest BCUT2D eigenvalue weighted by Crippen LogP contribution is 2.57. The van der Waals surface area contributed by atoms with Gasteiger partial charge in [-0.25, -0.2) is 4.79 Å². The van der Waals surface area contributed by atoms with Crippen molar-refractivity contribution >= 4 is 18.5 Å². The Balaban J connectivity index is 1.41. The molecule has 0 saturated carbocycles. The lowest BCUT2D eigenvalue weighted by atomic mass is 9.84. The lowest BCUT2D eigenvalue weighted by molar-refractivity contribution is 0.0230. The molecule has 5 aromatic rings. The van der Waals surface area contributed by atoms with Crippen LogP contribution in [0.15, 0.2) is 78.9 Å². The van der Waals surface area contributed by atoms with Crippen LogP contribution in [-0.4, -0.2) is 38.5 Å². The average molecular weight is 713 g/mol. The van der Waals surface area contributed by atoms with E-state index < -0.39 is 5.97 Å². The maximum atomic E-state index is 14.0. The number of carbonyl (C=O) groups excluding carboxylic acids is 3. The van der Waals surface area contributed by atoms with E-state index in [2.05, 4.69) is 0 Å². The molecule has 3 aliphatic heterocycles. The molecule has 0 radical (unpaired) electrons. The first kappa shape index (κ1) is 33.8. The number of hydrogen-bond donors (Lipinski definition) is 0. The van der Waals surface area contributed by atoms with Gasteiger partial charge in [0, 0.05) is 40.7 Å². The van der Waals surface area contributed by atoms with Crippen LogP contribution in [0.2, 0.25) is 0 Å². The molecule has 3 heterocycles. The van der Waals surface area contributed by atoms with Gasteiger partial charge in [0.05, 0.1) is 12.7 Å². The molecule has 0 aliphatic carbocycles. The molecule has 53 heavy (non-hydrogen) atoms. The molecule has 0 spiro atoms. The van der Waals surface area contributed by atoms with Gasteiger partial charge in [0.2, 0.25) is 6.79 Å². The van der Waals surface area contributed by atoms with Crippen molar-refractivity contribution in [2.75, 3.05) is 13.9 Å². The van der Waals surface area contributed by atoms with Gasteiger partial charge in [0.25, 0.3) is 0 Å². The Labute approximate surface area is 306 Å².